The molecule has 1 aromatic heterocycles. The molecule has 1 saturated carbocycles. The summed E-state index contributed by atoms with van der Waals surface area (Å²) in [5.74, 6) is 0.877. The third-order valence-corrected chi connectivity index (χ3v) is 5.16. The lowest BCUT2D eigenvalue weighted by Gasteiger charge is -2.37. The molecule has 0 aromatic carbocycles. The van der Waals surface area contributed by atoms with Crippen LogP contribution in [-0.2, 0) is 0 Å². The molecule has 1 aliphatic heterocycles. The van der Waals surface area contributed by atoms with Crippen molar-refractivity contribution in [1.29, 1.82) is 0 Å². The highest BCUT2D eigenvalue weighted by atomic mass is 16.5. The van der Waals surface area contributed by atoms with Crippen LogP contribution in [0.5, 0.6) is 5.75 Å². The van der Waals surface area contributed by atoms with Gasteiger partial charge in [-0.25, -0.2) is 4.98 Å². The van der Waals surface area contributed by atoms with Gasteiger partial charge in [-0.2, -0.15) is 0 Å². The minimum atomic E-state index is -0.271. The average Bonchev–Trinajstić information content (AvgIpc) is 3.04. The Kier molecular flexibility index (Phi) is 5.39. The SMILES string of the molecule is CC(C)Oc1ccc(C(=O)N2CCC[C@@H]2[C@H]2CCCC[C@H]2O)nc1. The number of aromatic nitrogens is 1. The van der Waals surface area contributed by atoms with Gasteiger partial charge < -0.3 is 14.7 Å². The summed E-state index contributed by atoms with van der Waals surface area (Å²) in [7, 11) is 0. The van der Waals surface area contributed by atoms with Crippen LogP contribution in [0.15, 0.2) is 18.3 Å². The summed E-state index contributed by atoms with van der Waals surface area (Å²) < 4.78 is 5.58. The molecular formula is C19H28N2O3. The van der Waals surface area contributed by atoms with Crippen molar-refractivity contribution in [2.75, 3.05) is 6.54 Å². The molecule has 1 saturated heterocycles. The van der Waals surface area contributed by atoms with Gasteiger partial charge >= 0.3 is 0 Å². The molecule has 1 aliphatic carbocycles. The summed E-state index contributed by atoms with van der Waals surface area (Å²) in [5, 5.41) is 10.3. The monoisotopic (exact) mass is 332 g/mol. The minimum absolute atomic E-state index is 0.0219. The number of aliphatic hydroxyl groups excluding tert-OH is 1. The largest absolute Gasteiger partial charge is 0.489 e. The van der Waals surface area contributed by atoms with E-state index in [0.717, 1.165) is 45.1 Å². The number of carbonyl (C=O) groups is 1. The lowest BCUT2D eigenvalue weighted by Crippen LogP contribution is -2.45. The van der Waals surface area contributed by atoms with E-state index in [1.54, 1.807) is 18.3 Å². The quantitative estimate of drug-likeness (QED) is 0.920. The zero-order valence-corrected chi connectivity index (χ0v) is 14.6. The van der Waals surface area contributed by atoms with Crippen molar-refractivity contribution < 1.29 is 14.6 Å². The number of rotatable bonds is 4. The fourth-order valence-electron chi connectivity index (χ4n) is 4.07. The summed E-state index contributed by atoms with van der Waals surface area (Å²) >= 11 is 0. The van der Waals surface area contributed by atoms with Crippen LogP contribution in [-0.4, -0.2) is 45.7 Å². The topological polar surface area (TPSA) is 62.7 Å². The Morgan fingerprint density at radius 2 is 2.04 bits per heavy atom. The van der Waals surface area contributed by atoms with Gasteiger partial charge in [-0.1, -0.05) is 12.8 Å². The van der Waals surface area contributed by atoms with Gasteiger partial charge in [-0.15, -0.1) is 0 Å². The highest BCUT2D eigenvalue weighted by molar-refractivity contribution is 5.92. The number of carbonyl (C=O) groups excluding carboxylic acids is 1. The standard InChI is InChI=1S/C19H28N2O3/c1-13(2)24-14-9-10-16(20-12-14)19(23)21-11-5-7-17(21)15-6-3-4-8-18(15)22/h9-10,12-13,15,17-18,22H,3-8,11H2,1-2H3/t15-,17-,18-/m1/s1. The molecule has 1 amide bonds. The molecule has 0 bridgehead atoms. The van der Waals surface area contributed by atoms with Crippen LogP contribution < -0.4 is 4.74 Å². The van der Waals surface area contributed by atoms with Crippen LogP contribution in [0, 0.1) is 5.92 Å². The first-order chi connectivity index (χ1) is 11.6. The van der Waals surface area contributed by atoms with Crippen LogP contribution in [0.4, 0.5) is 0 Å². The minimum Gasteiger partial charge on any atom is -0.489 e. The molecule has 2 heterocycles. The molecule has 2 fully saturated rings. The van der Waals surface area contributed by atoms with E-state index in [0.29, 0.717) is 11.4 Å². The van der Waals surface area contributed by atoms with Gasteiger partial charge in [0, 0.05) is 18.5 Å². The maximum Gasteiger partial charge on any atom is 0.272 e. The molecule has 2 aliphatic rings. The lowest BCUT2D eigenvalue weighted by molar-refractivity contribution is 0.0209. The van der Waals surface area contributed by atoms with Crippen LogP contribution in [0.25, 0.3) is 0 Å². The van der Waals surface area contributed by atoms with E-state index >= 15 is 0 Å². The number of hydrogen-bond donors (Lipinski definition) is 1. The van der Waals surface area contributed by atoms with Gasteiger partial charge in [0.05, 0.1) is 18.4 Å². The first-order valence-corrected chi connectivity index (χ1v) is 9.18. The highest BCUT2D eigenvalue weighted by Gasteiger charge is 2.39. The van der Waals surface area contributed by atoms with Crippen molar-refractivity contribution in [1.82, 2.24) is 9.88 Å². The van der Waals surface area contributed by atoms with E-state index in [9.17, 15) is 9.90 Å². The van der Waals surface area contributed by atoms with Crippen LogP contribution in [0.3, 0.4) is 0 Å². The molecule has 0 radical (unpaired) electrons. The van der Waals surface area contributed by atoms with Crippen molar-refractivity contribution in [3.63, 3.8) is 0 Å². The predicted octanol–water partition coefficient (Wildman–Crippen LogP) is 3.02. The van der Waals surface area contributed by atoms with E-state index in [-0.39, 0.29) is 30.1 Å². The Hall–Kier alpha value is -1.62. The second-order valence-corrected chi connectivity index (χ2v) is 7.27. The van der Waals surface area contributed by atoms with Gasteiger partial charge in [-0.3, -0.25) is 4.79 Å². The van der Waals surface area contributed by atoms with Gasteiger partial charge in [0.25, 0.3) is 5.91 Å². The van der Waals surface area contributed by atoms with Crippen molar-refractivity contribution in [3.8, 4) is 5.75 Å². The zero-order valence-electron chi connectivity index (χ0n) is 14.6. The summed E-state index contributed by atoms with van der Waals surface area (Å²) in [4.78, 5) is 19.1. The number of hydrogen-bond acceptors (Lipinski definition) is 4. The number of amides is 1. The number of nitrogens with zero attached hydrogens (tertiary/aromatic N) is 2. The molecule has 0 unspecified atom stereocenters. The summed E-state index contributed by atoms with van der Waals surface area (Å²) in [6.45, 7) is 4.69. The van der Waals surface area contributed by atoms with E-state index in [1.807, 2.05) is 18.7 Å². The lowest BCUT2D eigenvalue weighted by atomic mass is 9.80. The molecule has 132 valence electrons. The van der Waals surface area contributed by atoms with Gasteiger partial charge in [0.1, 0.15) is 11.4 Å². The van der Waals surface area contributed by atoms with Gasteiger partial charge in [0.2, 0.25) is 0 Å². The van der Waals surface area contributed by atoms with Crippen molar-refractivity contribution >= 4 is 5.91 Å². The molecule has 3 atom stereocenters. The van der Waals surface area contributed by atoms with E-state index < -0.39 is 0 Å². The van der Waals surface area contributed by atoms with Gasteiger partial charge in [-0.05, 0) is 51.7 Å². The van der Waals surface area contributed by atoms with E-state index in [4.69, 9.17) is 4.74 Å². The highest BCUT2D eigenvalue weighted by Crippen LogP contribution is 2.35. The normalized spacial score (nSPS) is 27.5. The van der Waals surface area contributed by atoms with Crippen molar-refractivity contribution in [2.45, 2.75) is 70.6 Å². The second-order valence-electron chi connectivity index (χ2n) is 7.27. The summed E-state index contributed by atoms with van der Waals surface area (Å²) in [6, 6.07) is 3.70. The Bertz CT molecular complexity index is 558. The average molecular weight is 332 g/mol. The third kappa shape index (κ3) is 3.72. The Labute approximate surface area is 144 Å². The van der Waals surface area contributed by atoms with E-state index in [1.165, 1.54) is 0 Å². The van der Waals surface area contributed by atoms with Crippen molar-refractivity contribution in [3.05, 3.63) is 24.0 Å². The van der Waals surface area contributed by atoms with Crippen LogP contribution in [0.1, 0.15) is 62.9 Å². The number of ether oxygens (including phenoxy) is 1. The number of aliphatic hydroxyl groups is 1. The molecule has 1 aromatic rings. The third-order valence-electron chi connectivity index (χ3n) is 5.16. The molecular weight excluding hydrogens is 304 g/mol. The second kappa shape index (κ2) is 7.51. The maximum atomic E-state index is 12.9. The molecule has 3 rings (SSSR count). The molecule has 24 heavy (non-hydrogen) atoms. The van der Waals surface area contributed by atoms with Crippen LogP contribution >= 0.6 is 0 Å². The number of pyridine rings is 1. The maximum absolute atomic E-state index is 12.9. The first kappa shape index (κ1) is 17.2. The Balaban J connectivity index is 1.71. The van der Waals surface area contributed by atoms with Gasteiger partial charge in [0.15, 0.2) is 0 Å². The smallest absolute Gasteiger partial charge is 0.272 e. The van der Waals surface area contributed by atoms with Crippen LogP contribution in [0.2, 0.25) is 0 Å². The summed E-state index contributed by atoms with van der Waals surface area (Å²) in [5.41, 5.74) is 0.461. The first-order valence-electron chi connectivity index (χ1n) is 9.18. The molecule has 1 N–H and O–H groups in total. The van der Waals surface area contributed by atoms with E-state index in [2.05, 4.69) is 4.98 Å². The molecule has 5 heteroatoms. The predicted molar refractivity (Wildman–Crippen MR) is 92.0 cm³/mol. The number of likely N-dealkylation sites (tertiary alicyclic amines) is 1. The fourth-order valence-corrected chi connectivity index (χ4v) is 4.07. The fraction of sp³-hybridized carbons (Fsp3) is 0.684. The van der Waals surface area contributed by atoms with Crippen molar-refractivity contribution in [2.24, 2.45) is 5.92 Å². The summed E-state index contributed by atoms with van der Waals surface area (Å²) in [6.07, 6.45) is 7.56. The molecule has 5 nitrogen and oxygen atoms in total. The zero-order chi connectivity index (χ0) is 17.1. The Morgan fingerprint density at radius 3 is 2.71 bits per heavy atom. The Morgan fingerprint density at radius 1 is 1.25 bits per heavy atom. The molecule has 0 spiro atoms.